The lowest BCUT2D eigenvalue weighted by atomic mass is 9.75. The largest absolute Gasteiger partial charge is 0.344 e. The Morgan fingerprint density at radius 1 is 1.50 bits per heavy atom. The molecule has 0 saturated carbocycles. The minimum atomic E-state index is 0.0916. The topological polar surface area (TPSA) is 41.5 Å². The van der Waals surface area contributed by atoms with Gasteiger partial charge in [-0.3, -0.25) is 9.79 Å². The molecule has 0 radical (unpaired) electrons. The molecule has 14 heavy (non-hydrogen) atoms. The average molecular weight is 188 g/mol. The summed E-state index contributed by atoms with van der Waals surface area (Å²) < 4.78 is 0. The van der Waals surface area contributed by atoms with Gasteiger partial charge in [-0.25, -0.2) is 0 Å². The van der Waals surface area contributed by atoms with Crippen LogP contribution in [0.25, 0.3) is 0 Å². The lowest BCUT2D eigenvalue weighted by Gasteiger charge is -2.35. The molecule has 3 atom stereocenters. The number of nitrogens with zero attached hydrogens (tertiary/aromatic N) is 1. The van der Waals surface area contributed by atoms with E-state index < -0.39 is 0 Å². The predicted molar refractivity (Wildman–Crippen MR) is 54.1 cm³/mol. The first-order valence-electron chi connectivity index (χ1n) is 5.04. The van der Waals surface area contributed by atoms with E-state index in [-0.39, 0.29) is 11.9 Å². The van der Waals surface area contributed by atoms with Gasteiger partial charge in [0, 0.05) is 24.3 Å². The fraction of sp³-hybridized carbons (Fsp3) is 0.455. The predicted octanol–water partition coefficient (Wildman–Crippen LogP) is 0.688. The maximum atomic E-state index is 11.7. The molecule has 3 heteroatoms. The van der Waals surface area contributed by atoms with E-state index in [1.165, 1.54) is 0 Å². The molecule has 1 saturated heterocycles. The highest BCUT2D eigenvalue weighted by atomic mass is 16.1. The van der Waals surface area contributed by atoms with Crippen LogP contribution in [0.2, 0.25) is 0 Å². The maximum Gasteiger partial charge on any atom is 0.248 e. The van der Waals surface area contributed by atoms with Gasteiger partial charge in [-0.1, -0.05) is 18.2 Å². The van der Waals surface area contributed by atoms with Crippen LogP contribution in [0.15, 0.2) is 28.8 Å². The molecule has 3 nitrogen and oxygen atoms in total. The van der Waals surface area contributed by atoms with Crippen LogP contribution in [0, 0.1) is 11.8 Å². The van der Waals surface area contributed by atoms with Crippen LogP contribution in [0.1, 0.15) is 6.42 Å². The van der Waals surface area contributed by atoms with E-state index in [0.29, 0.717) is 11.8 Å². The van der Waals surface area contributed by atoms with Gasteiger partial charge in [0.05, 0.1) is 6.04 Å². The number of aliphatic imine (C=N–C) groups is 1. The van der Waals surface area contributed by atoms with Gasteiger partial charge in [-0.2, -0.15) is 0 Å². The van der Waals surface area contributed by atoms with Gasteiger partial charge in [0.25, 0.3) is 0 Å². The average Bonchev–Trinajstić information content (AvgIpc) is 2.66. The fourth-order valence-corrected chi connectivity index (χ4v) is 2.57. The summed E-state index contributed by atoms with van der Waals surface area (Å²) in [7, 11) is 0. The Morgan fingerprint density at radius 2 is 2.43 bits per heavy atom. The third-order valence-electron chi connectivity index (χ3n) is 3.32. The van der Waals surface area contributed by atoms with Crippen molar-refractivity contribution in [2.75, 3.05) is 6.54 Å². The highest BCUT2D eigenvalue weighted by Gasteiger charge is 2.41. The van der Waals surface area contributed by atoms with Gasteiger partial charge < -0.3 is 5.32 Å². The van der Waals surface area contributed by atoms with E-state index in [1.807, 2.05) is 18.4 Å². The molecular formula is C11H12N2O. The summed E-state index contributed by atoms with van der Waals surface area (Å²) in [5, 5.41) is 2.99. The normalized spacial score (nSPS) is 38.7. The monoisotopic (exact) mass is 188 g/mol. The number of piperidine rings is 1. The smallest absolute Gasteiger partial charge is 0.248 e. The molecule has 3 rings (SSSR count). The summed E-state index contributed by atoms with van der Waals surface area (Å²) in [6, 6.07) is 0.177. The van der Waals surface area contributed by atoms with Crippen LogP contribution in [0.3, 0.4) is 0 Å². The Bertz CT molecular complexity index is 367. The lowest BCUT2D eigenvalue weighted by molar-refractivity contribution is -0.120. The van der Waals surface area contributed by atoms with Gasteiger partial charge in [0.15, 0.2) is 0 Å². The first-order valence-corrected chi connectivity index (χ1v) is 5.04. The SMILES string of the molecule is O=C1NC2C=NCC2C2CC=CC=C12. The highest BCUT2D eigenvalue weighted by Crippen LogP contribution is 2.35. The molecule has 72 valence electrons. The standard InChI is InChI=1S/C11H12N2O/c14-11-8-4-2-1-3-7(8)9-5-12-6-10(9)13-11/h1-2,4,6-7,9-10H,3,5H2,(H,13,14). The minimum absolute atomic E-state index is 0.0916. The fourth-order valence-electron chi connectivity index (χ4n) is 2.57. The van der Waals surface area contributed by atoms with Gasteiger partial charge >= 0.3 is 0 Å². The molecule has 0 aromatic carbocycles. The van der Waals surface area contributed by atoms with E-state index in [4.69, 9.17) is 0 Å². The van der Waals surface area contributed by atoms with E-state index in [9.17, 15) is 4.79 Å². The molecule has 1 aliphatic carbocycles. The van der Waals surface area contributed by atoms with Crippen LogP contribution in [-0.2, 0) is 4.79 Å². The number of carbonyl (C=O) groups is 1. The summed E-state index contributed by atoms with van der Waals surface area (Å²) in [6.07, 6.45) is 8.93. The first kappa shape index (κ1) is 7.97. The van der Waals surface area contributed by atoms with Crippen molar-refractivity contribution in [3.8, 4) is 0 Å². The Hall–Kier alpha value is -1.38. The lowest BCUT2D eigenvalue weighted by Crippen LogP contribution is -2.50. The van der Waals surface area contributed by atoms with Gasteiger partial charge in [0.1, 0.15) is 0 Å². The maximum absolute atomic E-state index is 11.7. The van der Waals surface area contributed by atoms with Crippen LogP contribution in [-0.4, -0.2) is 24.7 Å². The molecule has 3 aliphatic rings. The molecule has 2 heterocycles. The van der Waals surface area contributed by atoms with Gasteiger partial charge in [-0.05, 0) is 12.3 Å². The summed E-state index contributed by atoms with van der Waals surface area (Å²) in [4.78, 5) is 16.0. The second-order valence-corrected chi connectivity index (χ2v) is 4.07. The van der Waals surface area contributed by atoms with Crippen LogP contribution < -0.4 is 5.32 Å². The zero-order chi connectivity index (χ0) is 9.54. The first-order chi connectivity index (χ1) is 6.86. The van der Waals surface area contributed by atoms with E-state index in [0.717, 1.165) is 18.5 Å². The molecule has 0 aromatic rings. The Kier molecular flexibility index (Phi) is 1.60. The van der Waals surface area contributed by atoms with Crippen molar-refractivity contribution in [3.63, 3.8) is 0 Å². The van der Waals surface area contributed by atoms with Gasteiger partial charge in [0.2, 0.25) is 5.91 Å². The molecule has 1 N–H and O–H groups in total. The number of rotatable bonds is 0. The summed E-state index contributed by atoms with van der Waals surface area (Å²) in [6.45, 7) is 0.862. The third kappa shape index (κ3) is 0.983. The van der Waals surface area contributed by atoms with E-state index >= 15 is 0 Å². The summed E-state index contributed by atoms with van der Waals surface area (Å²) >= 11 is 0. The van der Waals surface area contributed by atoms with E-state index in [1.54, 1.807) is 0 Å². The number of amides is 1. The number of carbonyl (C=O) groups excluding carboxylic acids is 1. The quantitative estimate of drug-likeness (QED) is 0.597. The molecule has 1 amide bonds. The molecule has 3 unspecified atom stereocenters. The highest BCUT2D eigenvalue weighted by molar-refractivity contribution is 5.98. The van der Waals surface area contributed by atoms with Crippen LogP contribution in [0.4, 0.5) is 0 Å². The van der Waals surface area contributed by atoms with Gasteiger partial charge in [-0.15, -0.1) is 0 Å². The number of nitrogens with one attached hydrogen (secondary N) is 1. The van der Waals surface area contributed by atoms with Crippen LogP contribution >= 0.6 is 0 Å². The van der Waals surface area contributed by atoms with Crippen molar-refractivity contribution in [2.24, 2.45) is 16.8 Å². The second-order valence-electron chi connectivity index (χ2n) is 4.07. The van der Waals surface area contributed by atoms with Crippen molar-refractivity contribution in [2.45, 2.75) is 12.5 Å². The summed E-state index contributed by atoms with van der Waals surface area (Å²) in [5.74, 6) is 0.971. The molecule has 0 aromatic heterocycles. The number of hydrogen-bond acceptors (Lipinski definition) is 2. The zero-order valence-corrected chi connectivity index (χ0v) is 7.81. The molecular weight excluding hydrogens is 176 g/mol. The molecule has 0 spiro atoms. The third-order valence-corrected chi connectivity index (χ3v) is 3.32. The Labute approximate surface area is 82.6 Å². The second kappa shape index (κ2) is 2.80. The molecule has 1 fully saturated rings. The Morgan fingerprint density at radius 3 is 3.36 bits per heavy atom. The molecule has 2 aliphatic heterocycles. The van der Waals surface area contributed by atoms with Crippen molar-refractivity contribution >= 4 is 12.1 Å². The van der Waals surface area contributed by atoms with Crippen molar-refractivity contribution in [3.05, 3.63) is 23.8 Å². The van der Waals surface area contributed by atoms with Crippen LogP contribution in [0.5, 0.6) is 0 Å². The summed E-state index contributed by atoms with van der Waals surface area (Å²) in [5.41, 5.74) is 0.944. The number of hydrogen-bond donors (Lipinski definition) is 1. The zero-order valence-electron chi connectivity index (χ0n) is 7.81. The van der Waals surface area contributed by atoms with Crippen molar-refractivity contribution < 1.29 is 4.79 Å². The number of allylic oxidation sites excluding steroid dienone is 3. The Balaban J connectivity index is 1.98. The van der Waals surface area contributed by atoms with Crippen molar-refractivity contribution in [1.29, 1.82) is 0 Å². The minimum Gasteiger partial charge on any atom is -0.344 e. The van der Waals surface area contributed by atoms with Crippen molar-refractivity contribution in [1.82, 2.24) is 5.32 Å². The molecule has 0 bridgehead atoms. The number of fused-ring (bicyclic) bond motifs is 3. The van der Waals surface area contributed by atoms with E-state index in [2.05, 4.69) is 16.4 Å².